The van der Waals surface area contributed by atoms with Crippen molar-refractivity contribution in [2.45, 2.75) is 20.8 Å². The zero-order valence-corrected chi connectivity index (χ0v) is 13.1. The molecular formula is C15H24FN3O2. The maximum absolute atomic E-state index is 13.7. The maximum atomic E-state index is 13.7. The van der Waals surface area contributed by atoms with E-state index in [0.717, 1.165) is 0 Å². The molecule has 0 heterocycles. The number of halogens is 1. The molecule has 6 heteroatoms. The first-order valence-corrected chi connectivity index (χ1v) is 7.15. The third-order valence-corrected chi connectivity index (χ3v) is 3.28. The lowest BCUT2D eigenvalue weighted by Crippen LogP contribution is -2.39. The number of carbonyl (C=O) groups is 1. The van der Waals surface area contributed by atoms with Gasteiger partial charge in [0.15, 0.2) is 11.6 Å². The fourth-order valence-corrected chi connectivity index (χ4v) is 2.12. The number of carbonyl (C=O) groups excluding carboxylic acids is 1. The summed E-state index contributed by atoms with van der Waals surface area (Å²) in [7, 11) is 1.75. The summed E-state index contributed by atoms with van der Waals surface area (Å²) in [5, 5.41) is 0. The predicted octanol–water partition coefficient (Wildman–Crippen LogP) is 2.11. The summed E-state index contributed by atoms with van der Waals surface area (Å²) < 4.78 is 18.9. The molecule has 1 amide bonds. The number of nitrogens with zero attached hydrogens (tertiary/aromatic N) is 2. The lowest BCUT2D eigenvalue weighted by atomic mass is 10.2. The predicted molar refractivity (Wildman–Crippen MR) is 83.2 cm³/mol. The molecule has 0 aliphatic carbocycles. The molecule has 2 N–H and O–H groups in total. The van der Waals surface area contributed by atoms with Crippen LogP contribution >= 0.6 is 0 Å². The molecule has 21 heavy (non-hydrogen) atoms. The Kier molecular flexibility index (Phi) is 6.27. The van der Waals surface area contributed by atoms with E-state index in [-0.39, 0.29) is 23.9 Å². The molecule has 0 unspecified atom stereocenters. The van der Waals surface area contributed by atoms with E-state index in [1.807, 2.05) is 13.8 Å². The highest BCUT2D eigenvalue weighted by Crippen LogP contribution is 2.30. The van der Waals surface area contributed by atoms with E-state index in [4.69, 9.17) is 10.5 Å². The Balaban J connectivity index is 2.93. The quantitative estimate of drug-likeness (QED) is 0.783. The molecule has 118 valence electrons. The molecular weight excluding hydrogens is 273 g/mol. The Morgan fingerprint density at radius 2 is 1.90 bits per heavy atom. The number of likely N-dealkylation sites (N-methyl/N-ethyl adjacent to an activating group) is 2. The van der Waals surface area contributed by atoms with E-state index < -0.39 is 5.82 Å². The van der Waals surface area contributed by atoms with Crippen LogP contribution in [0.4, 0.5) is 15.8 Å². The van der Waals surface area contributed by atoms with Gasteiger partial charge in [-0.15, -0.1) is 0 Å². The minimum atomic E-state index is -0.499. The number of benzene rings is 1. The summed E-state index contributed by atoms with van der Waals surface area (Å²) in [6, 6.07) is 2.75. The summed E-state index contributed by atoms with van der Waals surface area (Å²) in [6.45, 7) is 7.51. The number of hydrogen-bond donors (Lipinski definition) is 1. The van der Waals surface area contributed by atoms with E-state index in [9.17, 15) is 9.18 Å². The number of amides is 1. The second-order valence-corrected chi connectivity index (χ2v) is 4.70. The van der Waals surface area contributed by atoms with E-state index in [1.54, 1.807) is 23.8 Å². The van der Waals surface area contributed by atoms with Crippen molar-refractivity contribution in [1.29, 1.82) is 0 Å². The Bertz CT molecular complexity index is 490. The molecule has 0 aromatic heterocycles. The molecule has 1 aromatic carbocycles. The molecule has 1 rings (SSSR count). The van der Waals surface area contributed by atoms with Gasteiger partial charge in [-0.1, -0.05) is 0 Å². The van der Waals surface area contributed by atoms with Crippen molar-refractivity contribution in [3.63, 3.8) is 0 Å². The highest BCUT2D eigenvalue weighted by molar-refractivity contribution is 5.83. The molecule has 0 aliphatic rings. The molecule has 5 nitrogen and oxygen atoms in total. The van der Waals surface area contributed by atoms with Gasteiger partial charge >= 0.3 is 0 Å². The van der Waals surface area contributed by atoms with Crippen molar-refractivity contribution >= 4 is 17.3 Å². The molecule has 1 aromatic rings. The van der Waals surface area contributed by atoms with E-state index in [2.05, 4.69) is 0 Å². The molecule has 0 saturated heterocycles. The van der Waals surface area contributed by atoms with Crippen LogP contribution in [0.5, 0.6) is 5.75 Å². The first-order valence-electron chi connectivity index (χ1n) is 7.15. The molecule has 0 saturated carbocycles. The van der Waals surface area contributed by atoms with E-state index >= 15 is 0 Å². The number of ether oxygens (including phenoxy) is 1. The largest absolute Gasteiger partial charge is 0.491 e. The van der Waals surface area contributed by atoms with Crippen molar-refractivity contribution < 1.29 is 13.9 Å². The van der Waals surface area contributed by atoms with Gasteiger partial charge in [-0.3, -0.25) is 4.79 Å². The van der Waals surface area contributed by atoms with Crippen LogP contribution in [-0.2, 0) is 4.79 Å². The van der Waals surface area contributed by atoms with Crippen molar-refractivity contribution in [2.75, 3.05) is 43.9 Å². The summed E-state index contributed by atoms with van der Waals surface area (Å²) in [5.74, 6) is -0.352. The highest BCUT2D eigenvalue weighted by atomic mass is 19.1. The van der Waals surface area contributed by atoms with Gasteiger partial charge in [0.1, 0.15) is 0 Å². The van der Waals surface area contributed by atoms with Crippen LogP contribution < -0.4 is 15.4 Å². The average molecular weight is 297 g/mol. The average Bonchev–Trinajstić information content (AvgIpc) is 2.43. The van der Waals surface area contributed by atoms with Crippen molar-refractivity contribution in [2.24, 2.45) is 0 Å². The number of anilines is 2. The molecule has 0 aliphatic heterocycles. The van der Waals surface area contributed by atoms with Gasteiger partial charge in [0.05, 0.1) is 24.5 Å². The van der Waals surface area contributed by atoms with Gasteiger partial charge in [0.25, 0.3) is 0 Å². The Morgan fingerprint density at radius 3 is 2.43 bits per heavy atom. The zero-order valence-electron chi connectivity index (χ0n) is 13.1. The second-order valence-electron chi connectivity index (χ2n) is 4.70. The number of rotatable bonds is 7. The summed E-state index contributed by atoms with van der Waals surface area (Å²) in [6.07, 6.45) is 0. The SMILES string of the molecule is CCOc1cc(N(C)CC(=O)N(CC)CC)c(N)cc1F. The Hall–Kier alpha value is -1.98. The normalized spacial score (nSPS) is 10.3. The lowest BCUT2D eigenvalue weighted by Gasteiger charge is -2.25. The van der Waals surface area contributed by atoms with Crippen LogP contribution in [0.3, 0.4) is 0 Å². The van der Waals surface area contributed by atoms with Crippen LogP contribution in [0, 0.1) is 5.82 Å². The topological polar surface area (TPSA) is 58.8 Å². The second kappa shape index (κ2) is 7.71. The van der Waals surface area contributed by atoms with E-state index in [1.165, 1.54) is 12.1 Å². The van der Waals surface area contributed by atoms with Gasteiger partial charge in [0.2, 0.25) is 5.91 Å². The smallest absolute Gasteiger partial charge is 0.242 e. The van der Waals surface area contributed by atoms with Crippen molar-refractivity contribution in [3.05, 3.63) is 17.9 Å². The Morgan fingerprint density at radius 1 is 1.29 bits per heavy atom. The van der Waals surface area contributed by atoms with Gasteiger partial charge in [-0.2, -0.15) is 0 Å². The third-order valence-electron chi connectivity index (χ3n) is 3.28. The van der Waals surface area contributed by atoms with Crippen LogP contribution in [0.15, 0.2) is 12.1 Å². The first kappa shape index (κ1) is 17.1. The molecule has 0 atom stereocenters. The molecule has 0 fully saturated rings. The summed E-state index contributed by atoms with van der Waals surface area (Å²) in [4.78, 5) is 15.6. The van der Waals surface area contributed by atoms with Gasteiger partial charge < -0.3 is 20.3 Å². The Labute approximate surface area is 125 Å². The van der Waals surface area contributed by atoms with Crippen molar-refractivity contribution in [1.82, 2.24) is 4.90 Å². The zero-order chi connectivity index (χ0) is 16.0. The van der Waals surface area contributed by atoms with Gasteiger partial charge in [-0.05, 0) is 20.8 Å². The van der Waals surface area contributed by atoms with Crippen LogP contribution in [-0.4, -0.2) is 44.1 Å². The fourth-order valence-electron chi connectivity index (χ4n) is 2.12. The fraction of sp³-hybridized carbons (Fsp3) is 0.533. The first-order chi connectivity index (χ1) is 9.94. The van der Waals surface area contributed by atoms with Crippen LogP contribution in [0.25, 0.3) is 0 Å². The monoisotopic (exact) mass is 297 g/mol. The van der Waals surface area contributed by atoms with Crippen LogP contribution in [0.2, 0.25) is 0 Å². The number of nitrogens with two attached hydrogens (primary N) is 1. The summed E-state index contributed by atoms with van der Waals surface area (Å²) >= 11 is 0. The lowest BCUT2D eigenvalue weighted by molar-refractivity contribution is -0.129. The molecule has 0 radical (unpaired) electrons. The summed E-state index contributed by atoms with van der Waals surface area (Å²) in [5.41, 5.74) is 6.71. The van der Waals surface area contributed by atoms with Gasteiger partial charge in [-0.25, -0.2) is 4.39 Å². The minimum Gasteiger partial charge on any atom is -0.491 e. The van der Waals surface area contributed by atoms with E-state index in [0.29, 0.717) is 25.4 Å². The third kappa shape index (κ3) is 4.24. The van der Waals surface area contributed by atoms with Gasteiger partial charge in [0, 0.05) is 32.3 Å². The standard InChI is InChI=1S/C15H24FN3O2/c1-5-19(6-2)15(20)10-18(4)13-9-14(21-7-3)11(16)8-12(13)17/h8-9H,5-7,10,17H2,1-4H3. The molecule has 0 spiro atoms. The van der Waals surface area contributed by atoms with Crippen molar-refractivity contribution in [3.8, 4) is 5.75 Å². The highest BCUT2D eigenvalue weighted by Gasteiger charge is 2.17. The maximum Gasteiger partial charge on any atom is 0.242 e. The number of hydrogen-bond acceptors (Lipinski definition) is 4. The number of nitrogen functional groups attached to an aromatic ring is 1. The minimum absolute atomic E-state index is 0.00387. The van der Waals surface area contributed by atoms with Crippen LogP contribution in [0.1, 0.15) is 20.8 Å². The molecule has 0 bridgehead atoms.